The lowest BCUT2D eigenvalue weighted by Crippen LogP contribution is -2.30. The van der Waals surface area contributed by atoms with Crippen molar-refractivity contribution in [3.63, 3.8) is 0 Å². The average molecular weight is 409 g/mol. The monoisotopic (exact) mass is 408 g/mol. The summed E-state index contributed by atoms with van der Waals surface area (Å²) in [5, 5.41) is 3.59. The number of fused-ring (bicyclic) bond motifs is 1. The van der Waals surface area contributed by atoms with Gasteiger partial charge in [-0.25, -0.2) is 0 Å². The zero-order valence-corrected chi connectivity index (χ0v) is 17.9. The van der Waals surface area contributed by atoms with E-state index in [2.05, 4.69) is 30.4 Å². The predicted molar refractivity (Wildman–Crippen MR) is 117 cm³/mol. The number of dihydropyridines is 1. The van der Waals surface area contributed by atoms with Gasteiger partial charge in [-0.05, 0) is 42.9 Å². The molecule has 0 fully saturated rings. The minimum atomic E-state index is 0.00814. The van der Waals surface area contributed by atoms with Crippen LogP contribution >= 0.6 is 11.8 Å². The van der Waals surface area contributed by atoms with Crippen LogP contribution in [0.3, 0.4) is 0 Å². The van der Waals surface area contributed by atoms with Crippen molar-refractivity contribution < 1.29 is 9.59 Å². The minimum Gasteiger partial charge on any atom is -0.361 e. The maximum atomic E-state index is 13.0. The zero-order chi connectivity index (χ0) is 20.0. The van der Waals surface area contributed by atoms with Gasteiger partial charge in [0.25, 0.3) is 5.91 Å². The van der Waals surface area contributed by atoms with Crippen LogP contribution in [0.2, 0.25) is 0 Å². The third kappa shape index (κ3) is 3.24. The fraction of sp³-hybridized carbons (Fsp3) is 0.500. The van der Waals surface area contributed by atoms with Gasteiger partial charge >= 0.3 is 0 Å². The number of carbonyl (C=O) groups excluding carboxylic acids is 2. The standard InChI is InChI=1S/C24H28N2O2S/c1-2-3-4-11-26-14-16-9-8-15(13-17(16)24(26)28)21-22-18(6-5-7-20(22)27)25-19-10-12-29-23(19)21/h8-9,13,21,25H,2-7,10-12,14H2,1H3. The van der Waals surface area contributed by atoms with Crippen LogP contribution in [0.1, 0.15) is 79.3 Å². The van der Waals surface area contributed by atoms with Gasteiger partial charge in [-0.2, -0.15) is 0 Å². The molecule has 5 rings (SSSR count). The SMILES string of the molecule is CCCCCN1Cc2ccc(C3C4=C(CCS4)NC4=C3C(=O)CCC4)cc2C1=O. The van der Waals surface area contributed by atoms with E-state index in [1.54, 1.807) is 0 Å². The number of benzene rings is 1. The molecule has 0 saturated heterocycles. The molecule has 1 atom stereocenters. The highest BCUT2D eigenvalue weighted by Crippen LogP contribution is 2.50. The molecular weight excluding hydrogens is 380 g/mol. The van der Waals surface area contributed by atoms with Crippen molar-refractivity contribution in [3.05, 3.63) is 56.8 Å². The van der Waals surface area contributed by atoms with Crippen molar-refractivity contribution >= 4 is 23.5 Å². The highest BCUT2D eigenvalue weighted by Gasteiger charge is 2.39. The van der Waals surface area contributed by atoms with E-state index in [1.165, 1.54) is 10.6 Å². The molecule has 4 aliphatic rings. The quantitative estimate of drug-likeness (QED) is 0.706. The Balaban J connectivity index is 1.50. The minimum absolute atomic E-state index is 0.00814. The summed E-state index contributed by atoms with van der Waals surface area (Å²) in [4.78, 5) is 29.2. The van der Waals surface area contributed by atoms with Crippen molar-refractivity contribution in [2.45, 2.75) is 64.3 Å². The maximum Gasteiger partial charge on any atom is 0.254 e. The predicted octanol–water partition coefficient (Wildman–Crippen LogP) is 4.88. The molecule has 1 aliphatic carbocycles. The highest BCUT2D eigenvalue weighted by molar-refractivity contribution is 8.03. The first-order chi connectivity index (χ1) is 14.2. The van der Waals surface area contributed by atoms with Gasteiger partial charge in [-0.15, -0.1) is 11.8 Å². The van der Waals surface area contributed by atoms with Crippen LogP contribution in [0.25, 0.3) is 0 Å². The summed E-state index contributed by atoms with van der Waals surface area (Å²) in [5.74, 6) is 1.51. The molecule has 1 aromatic carbocycles. The average Bonchev–Trinajstić information content (AvgIpc) is 3.31. The van der Waals surface area contributed by atoms with E-state index >= 15 is 0 Å². The molecule has 3 aliphatic heterocycles. The number of allylic oxidation sites excluding steroid dienone is 4. The van der Waals surface area contributed by atoms with E-state index in [0.717, 1.165) is 85.3 Å². The number of thioether (sulfide) groups is 1. The number of nitrogens with zero attached hydrogens (tertiary/aromatic N) is 1. The summed E-state index contributed by atoms with van der Waals surface area (Å²) in [5.41, 5.74) is 6.45. The molecule has 1 aromatic rings. The van der Waals surface area contributed by atoms with Crippen LogP contribution in [0.4, 0.5) is 0 Å². The number of unbranched alkanes of at least 4 members (excludes halogenated alkanes) is 2. The lowest BCUT2D eigenvalue weighted by atomic mass is 9.78. The molecule has 1 amide bonds. The molecule has 5 heteroatoms. The number of amides is 1. The molecule has 0 radical (unpaired) electrons. The molecular formula is C24H28N2O2S. The fourth-order valence-corrected chi connectivity index (χ4v) is 6.38. The number of rotatable bonds is 5. The number of hydrogen-bond donors (Lipinski definition) is 1. The molecule has 152 valence electrons. The number of carbonyl (C=O) groups is 2. The molecule has 29 heavy (non-hydrogen) atoms. The van der Waals surface area contributed by atoms with E-state index < -0.39 is 0 Å². The van der Waals surface area contributed by atoms with Crippen molar-refractivity contribution in [1.29, 1.82) is 0 Å². The summed E-state index contributed by atoms with van der Waals surface area (Å²) in [7, 11) is 0. The summed E-state index contributed by atoms with van der Waals surface area (Å²) in [6.45, 7) is 3.74. The smallest absolute Gasteiger partial charge is 0.254 e. The van der Waals surface area contributed by atoms with E-state index in [-0.39, 0.29) is 17.6 Å². The summed E-state index contributed by atoms with van der Waals surface area (Å²) in [6.07, 6.45) is 6.95. The Hall–Kier alpha value is -2.01. The topological polar surface area (TPSA) is 49.4 Å². The van der Waals surface area contributed by atoms with E-state index in [9.17, 15) is 9.59 Å². The second kappa shape index (κ2) is 7.67. The molecule has 0 bridgehead atoms. The van der Waals surface area contributed by atoms with Crippen LogP contribution in [-0.4, -0.2) is 28.9 Å². The third-order valence-corrected chi connectivity index (χ3v) is 7.79. The van der Waals surface area contributed by atoms with E-state index in [1.807, 2.05) is 16.7 Å². The molecule has 0 spiro atoms. The summed E-state index contributed by atoms with van der Waals surface area (Å²) >= 11 is 1.87. The highest BCUT2D eigenvalue weighted by atomic mass is 32.2. The second-order valence-electron chi connectivity index (χ2n) is 8.52. The van der Waals surface area contributed by atoms with Gasteiger partial charge in [-0.1, -0.05) is 31.9 Å². The fourth-order valence-electron chi connectivity index (χ4n) is 5.11. The van der Waals surface area contributed by atoms with Gasteiger partial charge in [0.2, 0.25) is 0 Å². The number of Topliss-reactive ketones (excluding diaryl/α,β-unsaturated/α-hetero) is 1. The van der Waals surface area contributed by atoms with Gasteiger partial charge in [0.1, 0.15) is 0 Å². The first kappa shape index (κ1) is 19.0. The number of ketones is 1. The molecule has 0 saturated carbocycles. The Morgan fingerprint density at radius 1 is 1.14 bits per heavy atom. The Bertz CT molecular complexity index is 946. The van der Waals surface area contributed by atoms with Crippen LogP contribution in [0.15, 0.2) is 40.1 Å². The van der Waals surface area contributed by atoms with Gasteiger partial charge in [0.15, 0.2) is 5.78 Å². The summed E-state index contributed by atoms with van der Waals surface area (Å²) < 4.78 is 0. The molecule has 3 heterocycles. The lowest BCUT2D eigenvalue weighted by Gasteiger charge is -2.33. The van der Waals surface area contributed by atoms with Crippen LogP contribution in [0, 0.1) is 0 Å². The van der Waals surface area contributed by atoms with Crippen molar-refractivity contribution in [3.8, 4) is 0 Å². The Morgan fingerprint density at radius 3 is 2.90 bits per heavy atom. The van der Waals surface area contributed by atoms with Crippen molar-refractivity contribution in [2.75, 3.05) is 12.3 Å². The van der Waals surface area contributed by atoms with Gasteiger partial charge in [0.05, 0.1) is 0 Å². The van der Waals surface area contributed by atoms with E-state index in [0.29, 0.717) is 6.42 Å². The Labute approximate surface area is 176 Å². The number of nitrogens with one attached hydrogen (secondary N) is 1. The van der Waals surface area contributed by atoms with E-state index in [4.69, 9.17) is 0 Å². The Kier molecular flexibility index (Phi) is 5.02. The lowest BCUT2D eigenvalue weighted by molar-refractivity contribution is -0.116. The molecule has 4 nitrogen and oxygen atoms in total. The molecule has 0 aromatic heterocycles. The van der Waals surface area contributed by atoms with Crippen LogP contribution < -0.4 is 5.32 Å². The molecule has 1 unspecified atom stereocenters. The first-order valence-electron chi connectivity index (χ1n) is 11.0. The van der Waals surface area contributed by atoms with Crippen molar-refractivity contribution in [2.24, 2.45) is 0 Å². The van der Waals surface area contributed by atoms with Crippen LogP contribution in [-0.2, 0) is 11.3 Å². The number of hydrogen-bond acceptors (Lipinski definition) is 4. The first-order valence-corrected chi connectivity index (χ1v) is 12.0. The molecule has 1 N–H and O–H groups in total. The van der Waals surface area contributed by atoms with Gasteiger partial charge in [-0.3, -0.25) is 9.59 Å². The largest absolute Gasteiger partial charge is 0.361 e. The second-order valence-corrected chi connectivity index (χ2v) is 9.66. The van der Waals surface area contributed by atoms with Gasteiger partial charge in [0, 0.05) is 58.6 Å². The normalized spacial score (nSPS) is 23.3. The van der Waals surface area contributed by atoms with Crippen LogP contribution in [0.5, 0.6) is 0 Å². The van der Waals surface area contributed by atoms with Crippen molar-refractivity contribution in [1.82, 2.24) is 10.2 Å². The maximum absolute atomic E-state index is 13.0. The zero-order valence-electron chi connectivity index (χ0n) is 17.1. The van der Waals surface area contributed by atoms with Gasteiger partial charge < -0.3 is 10.2 Å². The summed E-state index contributed by atoms with van der Waals surface area (Å²) in [6, 6.07) is 6.37. The third-order valence-electron chi connectivity index (χ3n) is 6.59. The Morgan fingerprint density at radius 2 is 2.03 bits per heavy atom.